The highest BCUT2D eigenvalue weighted by atomic mass is 16.5. The minimum atomic E-state index is -0.492. The van der Waals surface area contributed by atoms with Crippen molar-refractivity contribution in [2.24, 2.45) is 0 Å². The van der Waals surface area contributed by atoms with Crippen molar-refractivity contribution in [3.63, 3.8) is 0 Å². The molecule has 3 amide bonds. The fourth-order valence-corrected chi connectivity index (χ4v) is 3.56. The number of urea groups is 1. The standard InChI is InChI=1S/C23H25N5O5/c1-32-10-7-28-15-24-20-6-5-18(14-19(20)22(28)30)26-23(31)25-17-4-2-3-16(13-17)21(29)27-8-11-33-12-9-27/h2-6,13-15H,7-12H2,1H3,(H2,25,26,31). The molecule has 10 nitrogen and oxygen atoms in total. The van der Waals surface area contributed by atoms with Gasteiger partial charge in [0.1, 0.15) is 0 Å². The highest BCUT2D eigenvalue weighted by Crippen LogP contribution is 2.17. The van der Waals surface area contributed by atoms with Crippen LogP contribution in [0.2, 0.25) is 0 Å². The Kier molecular flexibility index (Phi) is 6.96. The van der Waals surface area contributed by atoms with Crippen LogP contribution in [0.15, 0.2) is 53.6 Å². The van der Waals surface area contributed by atoms with Crippen molar-refractivity contribution in [2.75, 3.05) is 50.7 Å². The zero-order chi connectivity index (χ0) is 23.2. The molecule has 0 atom stereocenters. The van der Waals surface area contributed by atoms with Crippen molar-refractivity contribution >= 4 is 34.2 Å². The maximum atomic E-state index is 12.7. The first-order valence-corrected chi connectivity index (χ1v) is 10.6. The van der Waals surface area contributed by atoms with Gasteiger partial charge in [0.2, 0.25) is 0 Å². The first kappa shape index (κ1) is 22.4. The summed E-state index contributed by atoms with van der Waals surface area (Å²) in [6.07, 6.45) is 1.48. The lowest BCUT2D eigenvalue weighted by molar-refractivity contribution is 0.0303. The number of methoxy groups -OCH3 is 1. The summed E-state index contributed by atoms with van der Waals surface area (Å²) in [4.78, 5) is 43.9. The van der Waals surface area contributed by atoms with E-state index in [0.29, 0.717) is 67.3 Å². The molecule has 2 N–H and O–H groups in total. The molecule has 0 bridgehead atoms. The Labute approximate surface area is 190 Å². The quantitative estimate of drug-likeness (QED) is 0.594. The molecule has 172 valence electrons. The van der Waals surface area contributed by atoms with Gasteiger partial charge >= 0.3 is 6.03 Å². The third-order valence-corrected chi connectivity index (χ3v) is 5.28. The maximum absolute atomic E-state index is 12.7. The number of anilines is 2. The zero-order valence-corrected chi connectivity index (χ0v) is 18.2. The van der Waals surface area contributed by atoms with E-state index in [2.05, 4.69) is 15.6 Å². The van der Waals surface area contributed by atoms with Crippen LogP contribution in [0, 0.1) is 0 Å². The van der Waals surface area contributed by atoms with Crippen molar-refractivity contribution in [3.8, 4) is 0 Å². The molecule has 1 fully saturated rings. The molecule has 1 aliphatic heterocycles. The Hall–Kier alpha value is -3.76. The lowest BCUT2D eigenvalue weighted by Crippen LogP contribution is -2.40. The Morgan fingerprint density at radius 3 is 2.61 bits per heavy atom. The van der Waals surface area contributed by atoms with Gasteiger partial charge in [0.15, 0.2) is 0 Å². The fourth-order valence-electron chi connectivity index (χ4n) is 3.56. The molecule has 2 aromatic carbocycles. The summed E-state index contributed by atoms with van der Waals surface area (Å²) in [7, 11) is 1.56. The summed E-state index contributed by atoms with van der Waals surface area (Å²) < 4.78 is 11.8. The van der Waals surface area contributed by atoms with Crippen LogP contribution < -0.4 is 16.2 Å². The van der Waals surface area contributed by atoms with Gasteiger partial charge in [-0.3, -0.25) is 14.2 Å². The number of morpholine rings is 1. The molecule has 1 saturated heterocycles. The highest BCUT2D eigenvalue weighted by Gasteiger charge is 2.19. The number of fused-ring (bicyclic) bond motifs is 1. The van der Waals surface area contributed by atoms with Crippen LogP contribution in [0.1, 0.15) is 10.4 Å². The van der Waals surface area contributed by atoms with Gasteiger partial charge in [-0.2, -0.15) is 0 Å². The Balaban J connectivity index is 1.45. The Bertz CT molecular complexity index is 1220. The molecule has 0 unspecified atom stereocenters. The first-order chi connectivity index (χ1) is 16.0. The Morgan fingerprint density at radius 2 is 1.85 bits per heavy atom. The molecule has 10 heteroatoms. The van der Waals surface area contributed by atoms with Gasteiger partial charge in [-0.15, -0.1) is 0 Å². The summed E-state index contributed by atoms with van der Waals surface area (Å²) in [6.45, 7) is 2.90. The van der Waals surface area contributed by atoms with Crippen molar-refractivity contribution in [1.29, 1.82) is 0 Å². The van der Waals surface area contributed by atoms with Gasteiger partial charge in [0, 0.05) is 37.1 Å². The van der Waals surface area contributed by atoms with E-state index in [9.17, 15) is 14.4 Å². The number of aromatic nitrogens is 2. The van der Waals surface area contributed by atoms with Gasteiger partial charge < -0.3 is 25.0 Å². The number of nitrogens with one attached hydrogen (secondary N) is 2. The second kappa shape index (κ2) is 10.2. The molecular formula is C23H25N5O5. The van der Waals surface area contributed by atoms with Crippen molar-refractivity contribution in [2.45, 2.75) is 6.54 Å². The summed E-state index contributed by atoms with van der Waals surface area (Å²) in [6, 6.07) is 11.2. The van der Waals surface area contributed by atoms with E-state index in [1.165, 1.54) is 10.9 Å². The predicted molar refractivity (Wildman–Crippen MR) is 124 cm³/mol. The smallest absolute Gasteiger partial charge is 0.323 e. The summed E-state index contributed by atoms with van der Waals surface area (Å²) in [5.41, 5.74) is 1.74. The van der Waals surface area contributed by atoms with Crippen molar-refractivity contribution in [1.82, 2.24) is 14.5 Å². The lowest BCUT2D eigenvalue weighted by atomic mass is 10.1. The predicted octanol–water partition coefficient (Wildman–Crippen LogP) is 2.16. The topological polar surface area (TPSA) is 115 Å². The number of nitrogens with zero attached hydrogens (tertiary/aromatic N) is 3. The van der Waals surface area contributed by atoms with Crippen LogP contribution >= 0.6 is 0 Å². The van der Waals surface area contributed by atoms with E-state index >= 15 is 0 Å². The minimum absolute atomic E-state index is 0.103. The van der Waals surface area contributed by atoms with Gasteiger partial charge in [0.25, 0.3) is 11.5 Å². The SMILES string of the molecule is COCCn1cnc2ccc(NC(=O)Nc3cccc(C(=O)N4CCOCC4)c3)cc2c1=O. The molecule has 3 aromatic rings. The largest absolute Gasteiger partial charge is 0.383 e. The molecule has 1 aromatic heterocycles. The fraction of sp³-hybridized carbons (Fsp3) is 0.304. The number of hydrogen-bond acceptors (Lipinski definition) is 6. The van der Waals surface area contributed by atoms with Crippen LogP contribution in [-0.4, -0.2) is 66.4 Å². The molecule has 0 aliphatic carbocycles. The van der Waals surface area contributed by atoms with E-state index in [0.717, 1.165) is 0 Å². The van der Waals surface area contributed by atoms with Gasteiger partial charge in [0.05, 0.1) is 43.6 Å². The monoisotopic (exact) mass is 451 g/mol. The summed E-state index contributed by atoms with van der Waals surface area (Å²) in [5, 5.41) is 5.84. The van der Waals surface area contributed by atoms with Crippen molar-refractivity contribution < 1.29 is 19.1 Å². The number of benzene rings is 2. The molecule has 0 spiro atoms. The lowest BCUT2D eigenvalue weighted by Gasteiger charge is -2.27. The molecular weight excluding hydrogens is 426 g/mol. The minimum Gasteiger partial charge on any atom is -0.383 e. The van der Waals surface area contributed by atoms with Crippen molar-refractivity contribution in [3.05, 3.63) is 64.7 Å². The molecule has 1 aliphatic rings. The number of hydrogen-bond donors (Lipinski definition) is 2. The molecule has 2 heterocycles. The third-order valence-electron chi connectivity index (χ3n) is 5.28. The van der Waals surface area contributed by atoms with E-state index in [-0.39, 0.29) is 11.5 Å². The van der Waals surface area contributed by atoms with Gasteiger partial charge in [-0.1, -0.05) is 6.07 Å². The zero-order valence-electron chi connectivity index (χ0n) is 18.2. The van der Waals surface area contributed by atoms with Gasteiger partial charge in [-0.25, -0.2) is 9.78 Å². The second-order valence-electron chi connectivity index (χ2n) is 7.53. The number of ether oxygens (including phenoxy) is 2. The normalized spacial score (nSPS) is 13.7. The molecule has 4 rings (SSSR count). The van der Waals surface area contributed by atoms with Crippen LogP contribution in [0.5, 0.6) is 0 Å². The second-order valence-corrected chi connectivity index (χ2v) is 7.53. The van der Waals surface area contributed by atoms with E-state index in [1.807, 2.05) is 0 Å². The number of rotatable bonds is 6. The summed E-state index contributed by atoms with van der Waals surface area (Å²) in [5.74, 6) is -0.103. The molecule has 0 radical (unpaired) electrons. The highest BCUT2D eigenvalue weighted by molar-refractivity contribution is 6.02. The Morgan fingerprint density at radius 1 is 1.09 bits per heavy atom. The first-order valence-electron chi connectivity index (χ1n) is 10.6. The third kappa shape index (κ3) is 5.36. The van der Waals surface area contributed by atoms with Gasteiger partial charge in [-0.05, 0) is 36.4 Å². The molecule has 0 saturated carbocycles. The van der Waals surface area contributed by atoms with Crippen LogP contribution in [0.4, 0.5) is 16.2 Å². The molecule has 33 heavy (non-hydrogen) atoms. The number of amides is 3. The summed E-state index contributed by atoms with van der Waals surface area (Å²) >= 11 is 0. The van der Waals surface area contributed by atoms with E-state index in [4.69, 9.17) is 9.47 Å². The maximum Gasteiger partial charge on any atom is 0.323 e. The van der Waals surface area contributed by atoms with Crippen LogP contribution in [-0.2, 0) is 16.0 Å². The number of carbonyl (C=O) groups is 2. The average Bonchev–Trinajstić information content (AvgIpc) is 2.84. The number of carbonyl (C=O) groups excluding carboxylic acids is 2. The van der Waals surface area contributed by atoms with E-state index < -0.39 is 6.03 Å². The van der Waals surface area contributed by atoms with E-state index in [1.54, 1.807) is 54.5 Å². The van der Waals surface area contributed by atoms with Crippen LogP contribution in [0.3, 0.4) is 0 Å². The average molecular weight is 451 g/mol. The van der Waals surface area contributed by atoms with Crippen LogP contribution in [0.25, 0.3) is 10.9 Å².